The van der Waals surface area contributed by atoms with Crippen molar-refractivity contribution in [3.63, 3.8) is 0 Å². The van der Waals surface area contributed by atoms with Gasteiger partial charge in [0.25, 0.3) is 0 Å². The molecule has 1 fully saturated rings. The van der Waals surface area contributed by atoms with Crippen molar-refractivity contribution in [2.45, 2.75) is 33.1 Å². The van der Waals surface area contributed by atoms with Crippen LogP contribution in [0.25, 0.3) is 11.1 Å². The van der Waals surface area contributed by atoms with E-state index < -0.39 is 0 Å². The number of carbonyl (C=O) groups is 2. The smallest absolute Gasteiger partial charge is 0.238 e. The van der Waals surface area contributed by atoms with Crippen molar-refractivity contribution >= 4 is 23.2 Å². The first kappa shape index (κ1) is 22.4. The van der Waals surface area contributed by atoms with Crippen LogP contribution in [0.2, 0.25) is 0 Å². The number of likely N-dealkylation sites (tertiary alicyclic amines) is 1. The molecule has 5 rings (SSSR count). The highest BCUT2D eigenvalue weighted by Crippen LogP contribution is 2.37. The van der Waals surface area contributed by atoms with Gasteiger partial charge in [0.1, 0.15) is 0 Å². The maximum atomic E-state index is 12.9. The molecule has 2 aliphatic rings. The van der Waals surface area contributed by atoms with E-state index in [1.165, 1.54) is 22.3 Å². The molecule has 174 valence electrons. The van der Waals surface area contributed by atoms with Crippen molar-refractivity contribution in [3.8, 4) is 11.1 Å². The number of nitrogens with one attached hydrogen (secondary N) is 2. The molecular weight excluding hydrogens is 422 g/mol. The van der Waals surface area contributed by atoms with Gasteiger partial charge < -0.3 is 10.6 Å². The van der Waals surface area contributed by atoms with Crippen molar-refractivity contribution in [3.05, 3.63) is 82.9 Å². The lowest BCUT2D eigenvalue weighted by Crippen LogP contribution is -2.41. The Morgan fingerprint density at radius 3 is 2.29 bits per heavy atom. The average molecular weight is 454 g/mol. The third-order valence-corrected chi connectivity index (χ3v) is 6.89. The minimum absolute atomic E-state index is 0.00737. The van der Waals surface area contributed by atoms with Crippen LogP contribution in [-0.2, 0) is 16.0 Å². The zero-order chi connectivity index (χ0) is 23.7. The van der Waals surface area contributed by atoms with E-state index >= 15 is 0 Å². The van der Waals surface area contributed by atoms with Gasteiger partial charge in [0.15, 0.2) is 0 Å². The molecule has 3 aromatic carbocycles. The van der Waals surface area contributed by atoms with E-state index in [0.29, 0.717) is 6.54 Å². The second-order valence-electron chi connectivity index (χ2n) is 9.67. The predicted octanol–water partition coefficient (Wildman–Crippen LogP) is 5.16. The van der Waals surface area contributed by atoms with Gasteiger partial charge >= 0.3 is 0 Å². The normalized spacial score (nSPS) is 15.5. The fraction of sp³-hybridized carbons (Fsp3) is 0.310. The standard InChI is InChI=1S/C29H31N3O2/c1-19-13-20(2)15-25(14-19)30-28(33)18-32-11-9-21(10-12-32)29(34)31-24-7-8-27-23(17-24)16-22-5-3-4-6-26(22)27/h3-8,13-15,17,21H,9-12,16,18H2,1-2H3,(H,30,33)(H,31,34). The van der Waals surface area contributed by atoms with Gasteiger partial charge in [0, 0.05) is 17.3 Å². The lowest BCUT2D eigenvalue weighted by molar-refractivity contribution is -0.121. The summed E-state index contributed by atoms with van der Waals surface area (Å²) in [6.07, 6.45) is 2.44. The van der Waals surface area contributed by atoms with Crippen LogP contribution in [0, 0.1) is 19.8 Å². The van der Waals surface area contributed by atoms with E-state index in [-0.39, 0.29) is 17.7 Å². The highest BCUT2D eigenvalue weighted by molar-refractivity contribution is 5.94. The van der Waals surface area contributed by atoms with E-state index in [0.717, 1.165) is 54.9 Å². The summed E-state index contributed by atoms with van der Waals surface area (Å²) in [4.78, 5) is 27.5. The number of piperidine rings is 1. The molecule has 2 N–H and O–H groups in total. The molecule has 3 aromatic rings. The third-order valence-electron chi connectivity index (χ3n) is 6.89. The molecule has 1 saturated heterocycles. The van der Waals surface area contributed by atoms with E-state index in [4.69, 9.17) is 0 Å². The van der Waals surface area contributed by atoms with Crippen LogP contribution in [0.1, 0.15) is 35.1 Å². The molecule has 0 saturated carbocycles. The van der Waals surface area contributed by atoms with Gasteiger partial charge in [-0.3, -0.25) is 14.5 Å². The number of benzene rings is 3. The maximum absolute atomic E-state index is 12.9. The predicted molar refractivity (Wildman–Crippen MR) is 137 cm³/mol. The molecule has 1 aliphatic heterocycles. The molecule has 0 spiro atoms. The van der Waals surface area contributed by atoms with Crippen molar-refractivity contribution in [1.29, 1.82) is 0 Å². The second kappa shape index (κ2) is 9.43. The van der Waals surface area contributed by atoms with E-state index in [2.05, 4.69) is 58.0 Å². The Hall–Kier alpha value is -3.44. The summed E-state index contributed by atoms with van der Waals surface area (Å²) in [5.41, 5.74) is 9.15. The van der Waals surface area contributed by atoms with Crippen LogP contribution in [0.15, 0.2) is 60.7 Å². The summed E-state index contributed by atoms with van der Waals surface area (Å²) < 4.78 is 0. The van der Waals surface area contributed by atoms with Gasteiger partial charge in [0.05, 0.1) is 6.54 Å². The number of hydrogen-bond acceptors (Lipinski definition) is 3. The van der Waals surface area contributed by atoms with Crippen LogP contribution >= 0.6 is 0 Å². The zero-order valence-corrected chi connectivity index (χ0v) is 19.9. The minimum Gasteiger partial charge on any atom is -0.326 e. The Bertz CT molecular complexity index is 1220. The molecule has 2 amide bonds. The monoisotopic (exact) mass is 453 g/mol. The van der Waals surface area contributed by atoms with Crippen LogP contribution in [0.4, 0.5) is 11.4 Å². The SMILES string of the molecule is Cc1cc(C)cc(NC(=O)CN2CCC(C(=O)Nc3ccc4c(c3)Cc3ccccc3-4)CC2)c1. The first-order chi connectivity index (χ1) is 16.4. The van der Waals surface area contributed by atoms with Crippen LogP contribution in [0.3, 0.4) is 0 Å². The first-order valence-corrected chi connectivity index (χ1v) is 12.1. The molecule has 0 atom stereocenters. The Morgan fingerprint density at radius 2 is 1.53 bits per heavy atom. The molecule has 1 heterocycles. The van der Waals surface area contributed by atoms with Gasteiger partial charge in [-0.25, -0.2) is 0 Å². The maximum Gasteiger partial charge on any atom is 0.238 e. The molecule has 5 heteroatoms. The van der Waals surface area contributed by atoms with Gasteiger partial charge in [-0.2, -0.15) is 0 Å². The average Bonchev–Trinajstić information content (AvgIpc) is 3.16. The fourth-order valence-corrected chi connectivity index (χ4v) is 5.27. The molecule has 0 radical (unpaired) electrons. The molecule has 5 nitrogen and oxygen atoms in total. The Balaban J connectivity index is 1.12. The van der Waals surface area contributed by atoms with Crippen molar-refractivity contribution < 1.29 is 9.59 Å². The topological polar surface area (TPSA) is 61.4 Å². The number of anilines is 2. The van der Waals surface area contributed by atoms with Crippen molar-refractivity contribution in [1.82, 2.24) is 4.90 Å². The zero-order valence-electron chi connectivity index (χ0n) is 19.9. The number of aryl methyl sites for hydroxylation is 2. The highest BCUT2D eigenvalue weighted by Gasteiger charge is 2.26. The summed E-state index contributed by atoms with van der Waals surface area (Å²) in [6, 6.07) is 20.8. The van der Waals surface area contributed by atoms with Crippen molar-refractivity contribution in [2.75, 3.05) is 30.3 Å². The van der Waals surface area contributed by atoms with Gasteiger partial charge in [-0.15, -0.1) is 0 Å². The van der Waals surface area contributed by atoms with Crippen LogP contribution in [-0.4, -0.2) is 36.3 Å². The summed E-state index contributed by atoms with van der Waals surface area (Å²) in [6.45, 7) is 5.91. The Labute approximate surface area is 201 Å². The Morgan fingerprint density at radius 1 is 0.824 bits per heavy atom. The number of rotatable bonds is 5. The van der Waals surface area contributed by atoms with Crippen LogP contribution in [0.5, 0.6) is 0 Å². The van der Waals surface area contributed by atoms with E-state index in [9.17, 15) is 9.59 Å². The van der Waals surface area contributed by atoms with Crippen molar-refractivity contribution in [2.24, 2.45) is 5.92 Å². The highest BCUT2D eigenvalue weighted by atomic mass is 16.2. The number of nitrogens with zero attached hydrogens (tertiary/aromatic N) is 1. The molecule has 0 unspecified atom stereocenters. The summed E-state index contributed by atoms with van der Waals surface area (Å²) in [7, 11) is 0. The summed E-state index contributed by atoms with van der Waals surface area (Å²) in [5, 5.41) is 6.13. The summed E-state index contributed by atoms with van der Waals surface area (Å²) in [5.74, 6) is 0.0472. The van der Waals surface area contributed by atoms with Gasteiger partial charge in [-0.1, -0.05) is 36.4 Å². The fourth-order valence-electron chi connectivity index (χ4n) is 5.27. The second-order valence-corrected chi connectivity index (χ2v) is 9.67. The number of hydrogen-bond donors (Lipinski definition) is 2. The largest absolute Gasteiger partial charge is 0.326 e. The van der Waals surface area contributed by atoms with Crippen LogP contribution < -0.4 is 10.6 Å². The quantitative estimate of drug-likeness (QED) is 0.439. The molecule has 1 aliphatic carbocycles. The number of carbonyl (C=O) groups excluding carboxylic acids is 2. The van der Waals surface area contributed by atoms with Gasteiger partial charge in [0.2, 0.25) is 11.8 Å². The number of amides is 2. The van der Waals surface area contributed by atoms with E-state index in [1.807, 2.05) is 32.0 Å². The molecule has 0 aromatic heterocycles. The van der Waals surface area contributed by atoms with Gasteiger partial charge in [-0.05, 0) is 104 Å². The first-order valence-electron chi connectivity index (χ1n) is 12.1. The molecular formula is C29H31N3O2. The minimum atomic E-state index is -0.0239. The lowest BCUT2D eigenvalue weighted by atomic mass is 9.95. The van der Waals surface area contributed by atoms with E-state index in [1.54, 1.807) is 0 Å². The number of fused-ring (bicyclic) bond motifs is 3. The third kappa shape index (κ3) is 4.90. The Kier molecular flexibility index (Phi) is 6.20. The molecule has 0 bridgehead atoms. The lowest BCUT2D eigenvalue weighted by Gasteiger charge is -2.30. The molecule has 34 heavy (non-hydrogen) atoms. The summed E-state index contributed by atoms with van der Waals surface area (Å²) >= 11 is 0.